The van der Waals surface area contributed by atoms with Crippen molar-refractivity contribution in [2.75, 3.05) is 26.3 Å². The molecule has 1 fully saturated rings. The highest BCUT2D eigenvalue weighted by atomic mass is 16.5. The number of aromatic amines is 1. The molecule has 3 heterocycles. The number of H-pyrrole nitrogens is 1. The first-order chi connectivity index (χ1) is 10.1. The van der Waals surface area contributed by atoms with Gasteiger partial charge >= 0.3 is 0 Å². The number of carbonyl (C=O) groups excluding carboxylic acids is 1. The molecule has 0 aliphatic carbocycles. The van der Waals surface area contributed by atoms with Crippen molar-refractivity contribution in [2.24, 2.45) is 0 Å². The van der Waals surface area contributed by atoms with E-state index in [0.717, 1.165) is 11.4 Å². The molecule has 0 bridgehead atoms. The summed E-state index contributed by atoms with van der Waals surface area (Å²) in [5, 5.41) is 7.11. The van der Waals surface area contributed by atoms with E-state index in [1.54, 1.807) is 11.2 Å². The van der Waals surface area contributed by atoms with Crippen LogP contribution in [0.2, 0.25) is 0 Å². The predicted octanol–water partition coefficient (Wildman–Crippen LogP) is 1.13. The molecule has 114 valence electrons. The molecular weight excluding hydrogens is 272 g/mol. The first kappa shape index (κ1) is 14.1. The quantitative estimate of drug-likeness (QED) is 0.903. The summed E-state index contributed by atoms with van der Waals surface area (Å²) in [7, 11) is 0. The number of hydrogen-bond acceptors (Lipinski definition) is 5. The van der Waals surface area contributed by atoms with Gasteiger partial charge in [-0.25, -0.2) is 4.98 Å². The van der Waals surface area contributed by atoms with Crippen LogP contribution in [-0.2, 0) is 14.3 Å². The van der Waals surface area contributed by atoms with Crippen molar-refractivity contribution in [2.45, 2.75) is 32.3 Å². The van der Waals surface area contributed by atoms with Gasteiger partial charge in [-0.3, -0.25) is 9.89 Å². The van der Waals surface area contributed by atoms with Crippen molar-refractivity contribution in [1.82, 2.24) is 20.1 Å². The van der Waals surface area contributed by atoms with Crippen LogP contribution in [0.3, 0.4) is 0 Å². The zero-order chi connectivity index (χ0) is 14.8. The minimum Gasteiger partial charge on any atom is -0.500 e. The maximum Gasteiger partial charge on any atom is 0.253 e. The van der Waals surface area contributed by atoms with Gasteiger partial charge in [-0.15, -0.1) is 0 Å². The monoisotopic (exact) mass is 292 g/mol. The lowest BCUT2D eigenvalue weighted by Gasteiger charge is -2.32. The van der Waals surface area contributed by atoms with Crippen LogP contribution in [-0.4, -0.2) is 52.3 Å². The number of carbonyl (C=O) groups is 1. The van der Waals surface area contributed by atoms with E-state index in [1.807, 2.05) is 13.8 Å². The molecule has 0 aromatic carbocycles. The number of nitrogens with zero attached hydrogens (tertiary/aromatic N) is 3. The number of rotatable bonds is 3. The van der Waals surface area contributed by atoms with E-state index in [2.05, 4.69) is 15.2 Å². The lowest BCUT2D eigenvalue weighted by atomic mass is 10.1. The van der Waals surface area contributed by atoms with Crippen molar-refractivity contribution in [3.05, 3.63) is 23.5 Å². The summed E-state index contributed by atoms with van der Waals surface area (Å²) in [6.45, 7) is 6.26. The van der Waals surface area contributed by atoms with Gasteiger partial charge < -0.3 is 14.4 Å². The number of hydrogen-bond donors (Lipinski definition) is 1. The van der Waals surface area contributed by atoms with E-state index >= 15 is 0 Å². The van der Waals surface area contributed by atoms with E-state index in [1.165, 1.54) is 0 Å². The molecule has 0 spiro atoms. The van der Waals surface area contributed by atoms with Gasteiger partial charge in [-0.05, 0) is 0 Å². The summed E-state index contributed by atoms with van der Waals surface area (Å²) >= 11 is 0. The molecule has 2 aliphatic heterocycles. The molecule has 1 aromatic rings. The van der Waals surface area contributed by atoms with Crippen LogP contribution in [0, 0.1) is 0 Å². The van der Waals surface area contributed by atoms with Gasteiger partial charge in [-0.1, -0.05) is 13.8 Å². The Morgan fingerprint density at radius 1 is 1.48 bits per heavy atom. The number of aromatic nitrogens is 3. The Labute approximate surface area is 123 Å². The maximum atomic E-state index is 12.4. The molecular formula is C14H20N4O3. The standard InChI is InChI=1S/C14H20N4O3/c1-9(2)12-15-13(17-16-12)11-7-18(4-6-21-11)14(19)10-3-5-20-8-10/h8-9,11H,3-7H2,1-2H3,(H,15,16,17)/t11-/m0/s1. The number of nitrogens with one attached hydrogen (secondary N) is 1. The van der Waals surface area contributed by atoms with E-state index in [9.17, 15) is 4.79 Å². The van der Waals surface area contributed by atoms with Gasteiger partial charge in [0, 0.05) is 18.9 Å². The summed E-state index contributed by atoms with van der Waals surface area (Å²) in [6, 6.07) is 0. The predicted molar refractivity (Wildman–Crippen MR) is 74.4 cm³/mol. The van der Waals surface area contributed by atoms with Gasteiger partial charge in [0.05, 0.1) is 31.6 Å². The Morgan fingerprint density at radius 2 is 2.33 bits per heavy atom. The molecule has 0 radical (unpaired) electrons. The largest absolute Gasteiger partial charge is 0.500 e. The normalized spacial score (nSPS) is 22.3. The summed E-state index contributed by atoms with van der Waals surface area (Å²) in [4.78, 5) is 18.6. The third-order valence-corrected chi connectivity index (χ3v) is 3.68. The van der Waals surface area contributed by atoms with Gasteiger partial charge in [0.15, 0.2) is 11.6 Å². The Bertz CT molecular complexity index is 552. The minimum atomic E-state index is -0.245. The number of ether oxygens (including phenoxy) is 2. The van der Waals surface area contributed by atoms with Gasteiger partial charge in [0.1, 0.15) is 6.10 Å². The molecule has 7 heteroatoms. The smallest absolute Gasteiger partial charge is 0.253 e. The number of amides is 1. The minimum absolute atomic E-state index is 0.0319. The summed E-state index contributed by atoms with van der Waals surface area (Å²) in [5.41, 5.74) is 0.732. The van der Waals surface area contributed by atoms with Crippen LogP contribution in [0.1, 0.15) is 43.9 Å². The van der Waals surface area contributed by atoms with Crippen LogP contribution in [0.15, 0.2) is 11.8 Å². The first-order valence-corrected chi connectivity index (χ1v) is 7.29. The summed E-state index contributed by atoms with van der Waals surface area (Å²) in [5.74, 6) is 1.75. The van der Waals surface area contributed by atoms with E-state index in [-0.39, 0.29) is 17.9 Å². The van der Waals surface area contributed by atoms with Crippen LogP contribution < -0.4 is 0 Å². The zero-order valence-corrected chi connectivity index (χ0v) is 12.3. The lowest BCUT2D eigenvalue weighted by molar-refractivity contribution is -0.135. The van der Waals surface area contributed by atoms with Crippen LogP contribution in [0.4, 0.5) is 0 Å². The van der Waals surface area contributed by atoms with Crippen molar-refractivity contribution in [3.63, 3.8) is 0 Å². The SMILES string of the molecule is CC(C)c1n[nH]c([C@@H]2CN(C(=O)C3=COCC3)CCO2)n1. The zero-order valence-electron chi connectivity index (χ0n) is 12.3. The highest BCUT2D eigenvalue weighted by molar-refractivity contribution is 5.93. The molecule has 21 heavy (non-hydrogen) atoms. The summed E-state index contributed by atoms with van der Waals surface area (Å²) < 4.78 is 10.9. The molecule has 1 saturated heterocycles. The van der Waals surface area contributed by atoms with Crippen molar-refractivity contribution < 1.29 is 14.3 Å². The van der Waals surface area contributed by atoms with Crippen molar-refractivity contribution >= 4 is 5.91 Å². The van der Waals surface area contributed by atoms with Gasteiger partial charge in [0.25, 0.3) is 5.91 Å². The van der Waals surface area contributed by atoms with Crippen molar-refractivity contribution in [1.29, 1.82) is 0 Å². The molecule has 1 aromatic heterocycles. The fraction of sp³-hybridized carbons (Fsp3) is 0.643. The highest BCUT2D eigenvalue weighted by Crippen LogP contribution is 2.23. The second-order valence-corrected chi connectivity index (χ2v) is 5.61. The Morgan fingerprint density at radius 3 is 3.00 bits per heavy atom. The molecule has 1 atom stereocenters. The maximum absolute atomic E-state index is 12.4. The Hall–Kier alpha value is -1.89. The average Bonchev–Trinajstić information content (AvgIpc) is 3.18. The summed E-state index contributed by atoms with van der Waals surface area (Å²) in [6.07, 6.45) is 2.00. The first-order valence-electron chi connectivity index (χ1n) is 7.29. The van der Waals surface area contributed by atoms with Crippen molar-refractivity contribution in [3.8, 4) is 0 Å². The molecule has 1 amide bonds. The molecule has 7 nitrogen and oxygen atoms in total. The Kier molecular flexibility index (Phi) is 3.92. The topological polar surface area (TPSA) is 80.3 Å². The van der Waals surface area contributed by atoms with Crippen LogP contribution in [0.25, 0.3) is 0 Å². The van der Waals surface area contributed by atoms with Gasteiger partial charge in [0.2, 0.25) is 0 Å². The molecule has 0 saturated carbocycles. The fourth-order valence-corrected chi connectivity index (χ4v) is 2.44. The van der Waals surface area contributed by atoms with Crippen LogP contribution in [0.5, 0.6) is 0 Å². The van der Waals surface area contributed by atoms with Crippen LogP contribution >= 0.6 is 0 Å². The molecule has 2 aliphatic rings. The second kappa shape index (κ2) is 5.85. The Balaban J connectivity index is 1.68. The van der Waals surface area contributed by atoms with E-state index in [4.69, 9.17) is 9.47 Å². The number of morpholine rings is 1. The van der Waals surface area contributed by atoms with Gasteiger partial charge in [-0.2, -0.15) is 5.10 Å². The molecule has 1 N–H and O–H groups in total. The van der Waals surface area contributed by atoms with E-state index < -0.39 is 0 Å². The fourth-order valence-electron chi connectivity index (χ4n) is 2.44. The second-order valence-electron chi connectivity index (χ2n) is 5.61. The average molecular weight is 292 g/mol. The molecule has 0 unspecified atom stereocenters. The molecule has 3 rings (SSSR count). The highest BCUT2D eigenvalue weighted by Gasteiger charge is 2.30. The third-order valence-electron chi connectivity index (χ3n) is 3.68. The third kappa shape index (κ3) is 2.92. The lowest BCUT2D eigenvalue weighted by Crippen LogP contribution is -2.43. The van der Waals surface area contributed by atoms with E-state index in [0.29, 0.717) is 38.5 Å².